The number of aromatic nitrogens is 2. The minimum Gasteiger partial charge on any atom is -0.342 e. The lowest BCUT2D eigenvalue weighted by atomic mass is 9.95. The minimum absolute atomic E-state index is 0.173. The molecule has 0 aliphatic heterocycles. The Morgan fingerprint density at radius 1 is 1.11 bits per heavy atom. The predicted octanol–water partition coefficient (Wildman–Crippen LogP) is 4.93. The van der Waals surface area contributed by atoms with Crippen LogP contribution in [-0.2, 0) is 41.6 Å². The fourth-order valence-corrected chi connectivity index (χ4v) is 4.96. The number of carbonyl (C=O) groups excluding carboxylic acids is 2. The second kappa shape index (κ2) is 10.9. The van der Waals surface area contributed by atoms with Crippen LogP contribution in [0.4, 0.5) is 18.9 Å². The molecule has 10 heteroatoms. The predicted molar refractivity (Wildman–Crippen MR) is 133 cm³/mol. The number of nitrogens with one attached hydrogen (secondary N) is 1. The van der Waals surface area contributed by atoms with Crippen LogP contribution in [0.3, 0.4) is 0 Å². The summed E-state index contributed by atoms with van der Waals surface area (Å²) in [7, 11) is 1.62. The number of hydrogen-bond acceptors (Lipinski definition) is 3. The van der Waals surface area contributed by atoms with Gasteiger partial charge in [0.25, 0.3) is 0 Å². The maximum atomic E-state index is 13.5. The van der Waals surface area contributed by atoms with Gasteiger partial charge in [-0.15, -0.1) is 0 Å². The van der Waals surface area contributed by atoms with Crippen molar-refractivity contribution < 1.29 is 22.8 Å². The topological polar surface area (TPSA) is 67.2 Å². The highest BCUT2D eigenvalue weighted by molar-refractivity contribution is 9.10. The van der Waals surface area contributed by atoms with Crippen molar-refractivity contribution in [1.29, 1.82) is 0 Å². The van der Waals surface area contributed by atoms with Gasteiger partial charge in [0.1, 0.15) is 12.6 Å². The van der Waals surface area contributed by atoms with Crippen molar-refractivity contribution >= 4 is 33.4 Å². The molecule has 1 atom stereocenters. The third-order valence-electron chi connectivity index (χ3n) is 6.25. The van der Waals surface area contributed by atoms with Gasteiger partial charge >= 0.3 is 6.18 Å². The second-order valence-corrected chi connectivity index (χ2v) is 9.74. The van der Waals surface area contributed by atoms with Crippen LogP contribution < -0.4 is 10.2 Å². The van der Waals surface area contributed by atoms with E-state index >= 15 is 0 Å². The Morgan fingerprint density at radius 3 is 2.53 bits per heavy atom. The van der Waals surface area contributed by atoms with E-state index in [1.165, 1.54) is 4.90 Å². The third kappa shape index (κ3) is 5.98. The van der Waals surface area contributed by atoms with Crippen LogP contribution in [0.25, 0.3) is 0 Å². The molecule has 0 saturated heterocycles. The van der Waals surface area contributed by atoms with Crippen molar-refractivity contribution in [3.05, 3.63) is 81.6 Å². The average molecular weight is 563 g/mol. The Kier molecular flexibility index (Phi) is 7.82. The van der Waals surface area contributed by atoms with Crippen LogP contribution in [0, 0.1) is 0 Å². The lowest BCUT2D eigenvalue weighted by Gasteiger charge is -2.25. The van der Waals surface area contributed by atoms with E-state index in [0.717, 1.165) is 21.1 Å². The molecule has 1 N–H and O–H groups in total. The zero-order chi connectivity index (χ0) is 25.9. The zero-order valence-corrected chi connectivity index (χ0v) is 21.3. The van der Waals surface area contributed by atoms with Crippen LogP contribution in [0.15, 0.2) is 59.1 Å². The molecular weight excluding hydrogens is 537 g/mol. The number of likely N-dealkylation sites (N-methyl/N-ethyl adjacent to an activating group) is 1. The summed E-state index contributed by atoms with van der Waals surface area (Å²) in [4.78, 5) is 27.9. The molecule has 4 rings (SSSR count). The number of carbonyl (C=O) groups is 2. The van der Waals surface area contributed by atoms with Crippen molar-refractivity contribution in [3.8, 4) is 0 Å². The van der Waals surface area contributed by atoms with E-state index in [1.54, 1.807) is 31.3 Å². The van der Waals surface area contributed by atoms with Crippen molar-refractivity contribution in [1.82, 2.24) is 15.1 Å². The summed E-state index contributed by atoms with van der Waals surface area (Å²) in [6, 6.07) is 15.5. The van der Waals surface area contributed by atoms with E-state index in [-0.39, 0.29) is 24.3 Å². The molecule has 0 unspecified atom stereocenters. The molecule has 36 heavy (non-hydrogen) atoms. The molecule has 190 valence electrons. The zero-order valence-electron chi connectivity index (χ0n) is 19.7. The standard InChI is InChI=1S/C26H26BrF3N4O2/c1-33(19-10-3-2-4-11-19)25(36)21(15-17-8-7-9-18(27)14-17)31-23(35)16-34-22-13-6-5-12-20(22)24(32-34)26(28,29)30/h2-4,7-11,14,21H,5-6,12-13,15-16H2,1H3,(H,31,35)/t21-/m0/s1. The molecule has 1 aromatic heterocycles. The van der Waals surface area contributed by atoms with E-state index in [0.29, 0.717) is 24.2 Å². The molecule has 0 spiro atoms. The highest BCUT2D eigenvalue weighted by Gasteiger charge is 2.39. The molecule has 1 aliphatic rings. The van der Waals surface area contributed by atoms with E-state index < -0.39 is 30.4 Å². The first-order valence-electron chi connectivity index (χ1n) is 11.7. The molecule has 3 aromatic rings. The summed E-state index contributed by atoms with van der Waals surface area (Å²) in [6.45, 7) is -0.393. The van der Waals surface area contributed by atoms with Crippen molar-refractivity contribution in [2.75, 3.05) is 11.9 Å². The van der Waals surface area contributed by atoms with Crippen molar-refractivity contribution in [3.63, 3.8) is 0 Å². The monoisotopic (exact) mass is 562 g/mol. The van der Waals surface area contributed by atoms with Gasteiger partial charge in [0.15, 0.2) is 5.69 Å². The van der Waals surface area contributed by atoms with Gasteiger partial charge in [-0.25, -0.2) is 0 Å². The van der Waals surface area contributed by atoms with Gasteiger partial charge in [0, 0.05) is 34.9 Å². The van der Waals surface area contributed by atoms with Gasteiger partial charge in [0.2, 0.25) is 11.8 Å². The summed E-state index contributed by atoms with van der Waals surface area (Å²) in [6.07, 6.45) is -2.25. The molecule has 0 saturated carbocycles. The number of hydrogen-bond donors (Lipinski definition) is 1. The van der Waals surface area contributed by atoms with Crippen LogP contribution in [0.2, 0.25) is 0 Å². The number of amides is 2. The number of fused-ring (bicyclic) bond motifs is 1. The summed E-state index contributed by atoms with van der Waals surface area (Å²) < 4.78 is 42.6. The minimum atomic E-state index is -4.58. The Hall–Kier alpha value is -3.14. The van der Waals surface area contributed by atoms with E-state index in [1.807, 2.05) is 30.3 Å². The second-order valence-electron chi connectivity index (χ2n) is 8.82. The molecule has 1 aliphatic carbocycles. The van der Waals surface area contributed by atoms with Gasteiger partial charge in [-0.2, -0.15) is 18.3 Å². The molecule has 0 bridgehead atoms. The van der Waals surface area contributed by atoms with Crippen molar-refractivity contribution in [2.24, 2.45) is 0 Å². The lowest BCUT2D eigenvalue weighted by Crippen LogP contribution is -2.49. The van der Waals surface area contributed by atoms with Crippen molar-refractivity contribution in [2.45, 2.75) is 50.9 Å². The van der Waals surface area contributed by atoms with Crippen LogP contribution in [-0.4, -0.2) is 34.7 Å². The first-order valence-corrected chi connectivity index (χ1v) is 12.4. The molecule has 0 radical (unpaired) electrons. The van der Waals surface area contributed by atoms with E-state index in [9.17, 15) is 22.8 Å². The summed E-state index contributed by atoms with van der Waals surface area (Å²) in [5.41, 5.74) is 1.18. The lowest BCUT2D eigenvalue weighted by molar-refractivity contribution is -0.142. The number of halogens is 4. The Morgan fingerprint density at radius 2 is 1.83 bits per heavy atom. The highest BCUT2D eigenvalue weighted by Crippen LogP contribution is 2.35. The fraction of sp³-hybridized carbons (Fsp3) is 0.346. The number of benzene rings is 2. The van der Waals surface area contributed by atoms with Gasteiger partial charge in [-0.05, 0) is 55.5 Å². The third-order valence-corrected chi connectivity index (χ3v) is 6.75. The number of rotatable bonds is 7. The summed E-state index contributed by atoms with van der Waals surface area (Å²) in [5, 5.41) is 6.51. The Labute approximate surface area is 215 Å². The molecule has 0 fully saturated rings. The number of alkyl halides is 3. The smallest absolute Gasteiger partial charge is 0.342 e. The summed E-state index contributed by atoms with van der Waals surface area (Å²) >= 11 is 3.42. The Bertz CT molecular complexity index is 1240. The van der Waals surface area contributed by atoms with Gasteiger partial charge in [0.05, 0.1) is 0 Å². The van der Waals surface area contributed by atoms with Crippen LogP contribution in [0.5, 0.6) is 0 Å². The van der Waals surface area contributed by atoms with Gasteiger partial charge in [-0.1, -0.05) is 46.3 Å². The first-order chi connectivity index (χ1) is 17.1. The maximum Gasteiger partial charge on any atom is 0.435 e. The maximum absolute atomic E-state index is 13.5. The molecule has 2 amide bonds. The fourth-order valence-electron chi connectivity index (χ4n) is 4.52. The molecular formula is C26H26BrF3N4O2. The number of para-hydroxylation sites is 1. The van der Waals surface area contributed by atoms with E-state index in [4.69, 9.17) is 0 Å². The van der Waals surface area contributed by atoms with Gasteiger partial charge < -0.3 is 10.2 Å². The normalized spacial score (nSPS) is 14.1. The number of nitrogens with zero attached hydrogens (tertiary/aromatic N) is 3. The van der Waals surface area contributed by atoms with Gasteiger partial charge in [-0.3, -0.25) is 14.3 Å². The quantitative estimate of drug-likeness (QED) is 0.444. The summed E-state index contributed by atoms with van der Waals surface area (Å²) in [5.74, 6) is -0.914. The van der Waals surface area contributed by atoms with E-state index in [2.05, 4.69) is 26.3 Å². The Balaban J connectivity index is 1.57. The average Bonchev–Trinajstić information content (AvgIpc) is 3.22. The number of anilines is 1. The van der Waals surface area contributed by atoms with Crippen LogP contribution >= 0.6 is 15.9 Å². The molecule has 6 nitrogen and oxygen atoms in total. The molecule has 1 heterocycles. The first kappa shape index (κ1) is 25.9. The highest BCUT2D eigenvalue weighted by atomic mass is 79.9. The SMILES string of the molecule is CN(C(=O)[C@H](Cc1cccc(Br)c1)NC(=O)Cn1nc(C(F)(F)F)c2c1CCCC2)c1ccccc1. The molecule has 2 aromatic carbocycles. The largest absolute Gasteiger partial charge is 0.435 e. The van der Waals surface area contributed by atoms with Crippen LogP contribution in [0.1, 0.15) is 35.4 Å².